The minimum Gasteiger partial charge on any atom is -0.304 e. The zero-order chi connectivity index (χ0) is 11.4. The van der Waals surface area contributed by atoms with E-state index in [2.05, 4.69) is 48.8 Å². The third-order valence-electron chi connectivity index (χ3n) is 2.61. The lowest BCUT2D eigenvalue weighted by Crippen LogP contribution is -2.18. The maximum atomic E-state index is 3.62. The van der Waals surface area contributed by atoms with Crippen molar-refractivity contribution in [1.29, 1.82) is 0 Å². The zero-order valence-electron chi connectivity index (χ0n) is 9.69. The minimum atomic E-state index is 0.502. The highest BCUT2D eigenvalue weighted by Crippen LogP contribution is 2.23. The van der Waals surface area contributed by atoms with Crippen molar-refractivity contribution in [3.05, 3.63) is 44.3 Å². The first-order valence-corrected chi connectivity index (χ1v) is 7.31. The molecule has 16 heavy (non-hydrogen) atoms. The summed E-state index contributed by atoms with van der Waals surface area (Å²) in [6.45, 7) is 5.37. The van der Waals surface area contributed by atoms with Crippen LogP contribution >= 0.6 is 22.7 Å². The second kappa shape index (κ2) is 5.62. The SMILES string of the molecule is CCC(NCc1ccc(C)s1)c1cccs1. The van der Waals surface area contributed by atoms with Crippen molar-refractivity contribution < 1.29 is 0 Å². The van der Waals surface area contributed by atoms with Crippen molar-refractivity contribution in [1.82, 2.24) is 5.32 Å². The highest BCUT2D eigenvalue weighted by molar-refractivity contribution is 7.11. The zero-order valence-corrected chi connectivity index (χ0v) is 11.3. The quantitative estimate of drug-likeness (QED) is 0.832. The minimum absolute atomic E-state index is 0.502. The van der Waals surface area contributed by atoms with Gasteiger partial charge < -0.3 is 5.32 Å². The van der Waals surface area contributed by atoms with Gasteiger partial charge in [0.2, 0.25) is 0 Å². The number of rotatable bonds is 5. The van der Waals surface area contributed by atoms with Crippen LogP contribution in [0.3, 0.4) is 0 Å². The topological polar surface area (TPSA) is 12.0 Å². The highest BCUT2D eigenvalue weighted by atomic mass is 32.1. The van der Waals surface area contributed by atoms with E-state index in [1.54, 1.807) is 0 Å². The van der Waals surface area contributed by atoms with Crippen LogP contribution in [0.2, 0.25) is 0 Å². The predicted molar refractivity (Wildman–Crippen MR) is 73.2 cm³/mol. The summed E-state index contributed by atoms with van der Waals surface area (Å²) in [5.74, 6) is 0. The Labute approximate surface area is 105 Å². The molecule has 0 aromatic carbocycles. The van der Waals surface area contributed by atoms with Gasteiger partial charge in [-0.25, -0.2) is 0 Å². The summed E-state index contributed by atoms with van der Waals surface area (Å²) < 4.78 is 0. The van der Waals surface area contributed by atoms with Crippen LogP contribution in [-0.4, -0.2) is 0 Å². The molecule has 2 aromatic rings. The lowest BCUT2D eigenvalue weighted by molar-refractivity contribution is 0.529. The van der Waals surface area contributed by atoms with Gasteiger partial charge in [0.15, 0.2) is 0 Å². The summed E-state index contributed by atoms with van der Waals surface area (Å²) in [4.78, 5) is 4.25. The summed E-state index contributed by atoms with van der Waals surface area (Å²) >= 11 is 3.72. The van der Waals surface area contributed by atoms with Crippen LogP contribution < -0.4 is 5.32 Å². The van der Waals surface area contributed by atoms with E-state index >= 15 is 0 Å². The molecule has 0 aliphatic carbocycles. The van der Waals surface area contributed by atoms with E-state index in [0.29, 0.717) is 6.04 Å². The largest absolute Gasteiger partial charge is 0.304 e. The van der Waals surface area contributed by atoms with Crippen LogP contribution in [0.25, 0.3) is 0 Å². The molecule has 86 valence electrons. The third kappa shape index (κ3) is 2.94. The summed E-state index contributed by atoms with van der Waals surface area (Å²) in [6.07, 6.45) is 1.14. The van der Waals surface area contributed by atoms with Crippen LogP contribution in [0.5, 0.6) is 0 Å². The van der Waals surface area contributed by atoms with Crippen LogP contribution in [-0.2, 0) is 6.54 Å². The Morgan fingerprint density at radius 1 is 1.31 bits per heavy atom. The number of thiophene rings is 2. The molecule has 1 N–H and O–H groups in total. The summed E-state index contributed by atoms with van der Waals surface area (Å²) in [5, 5.41) is 5.77. The van der Waals surface area contributed by atoms with Gasteiger partial charge in [0.1, 0.15) is 0 Å². The summed E-state index contributed by atoms with van der Waals surface area (Å²) in [6, 6.07) is 9.25. The van der Waals surface area contributed by atoms with Gasteiger partial charge in [-0.2, -0.15) is 0 Å². The van der Waals surface area contributed by atoms with E-state index in [4.69, 9.17) is 0 Å². The van der Waals surface area contributed by atoms with Crippen molar-refractivity contribution in [3.8, 4) is 0 Å². The molecule has 1 nitrogen and oxygen atoms in total. The first-order valence-electron chi connectivity index (χ1n) is 5.61. The molecule has 0 amide bonds. The molecule has 1 unspecified atom stereocenters. The number of aryl methyl sites for hydroxylation is 1. The molecule has 0 aliphatic rings. The molecule has 0 spiro atoms. The predicted octanol–water partition coefficient (Wildman–Crippen LogP) is 4.36. The van der Waals surface area contributed by atoms with Gasteiger partial charge in [0.25, 0.3) is 0 Å². The molecule has 2 heterocycles. The molecule has 3 heteroatoms. The van der Waals surface area contributed by atoms with E-state index in [0.717, 1.165) is 13.0 Å². The maximum Gasteiger partial charge on any atom is 0.0415 e. The van der Waals surface area contributed by atoms with E-state index in [1.165, 1.54) is 14.6 Å². The molecular weight excluding hydrogens is 234 g/mol. The van der Waals surface area contributed by atoms with E-state index in [9.17, 15) is 0 Å². The average molecular weight is 251 g/mol. The Bertz CT molecular complexity index is 417. The van der Waals surface area contributed by atoms with Gasteiger partial charge in [-0.15, -0.1) is 22.7 Å². The molecule has 0 saturated carbocycles. The Hall–Kier alpha value is -0.640. The van der Waals surface area contributed by atoms with Crippen LogP contribution in [0.1, 0.15) is 34.0 Å². The molecule has 0 aliphatic heterocycles. The van der Waals surface area contributed by atoms with E-state index in [1.807, 2.05) is 22.7 Å². The number of hydrogen-bond acceptors (Lipinski definition) is 3. The molecule has 0 bridgehead atoms. The number of hydrogen-bond donors (Lipinski definition) is 1. The molecule has 0 fully saturated rings. The van der Waals surface area contributed by atoms with Gasteiger partial charge in [-0.1, -0.05) is 13.0 Å². The fraction of sp³-hybridized carbons (Fsp3) is 0.385. The van der Waals surface area contributed by atoms with Crippen molar-refractivity contribution in [3.63, 3.8) is 0 Å². The van der Waals surface area contributed by atoms with Gasteiger partial charge in [0, 0.05) is 27.2 Å². The normalized spacial score (nSPS) is 12.9. The first-order chi connectivity index (χ1) is 7.79. The Balaban J connectivity index is 1.93. The van der Waals surface area contributed by atoms with Crippen molar-refractivity contribution in [2.75, 3.05) is 0 Å². The molecule has 2 aromatic heterocycles. The lowest BCUT2D eigenvalue weighted by atomic mass is 10.2. The van der Waals surface area contributed by atoms with Gasteiger partial charge in [-0.3, -0.25) is 0 Å². The van der Waals surface area contributed by atoms with E-state index in [-0.39, 0.29) is 0 Å². The van der Waals surface area contributed by atoms with Gasteiger partial charge >= 0.3 is 0 Å². The van der Waals surface area contributed by atoms with Crippen LogP contribution in [0.4, 0.5) is 0 Å². The Morgan fingerprint density at radius 2 is 2.19 bits per heavy atom. The Kier molecular flexibility index (Phi) is 4.16. The van der Waals surface area contributed by atoms with Gasteiger partial charge in [-0.05, 0) is 36.9 Å². The smallest absolute Gasteiger partial charge is 0.0415 e. The van der Waals surface area contributed by atoms with Crippen LogP contribution in [0.15, 0.2) is 29.6 Å². The molecule has 1 atom stereocenters. The number of nitrogens with one attached hydrogen (secondary N) is 1. The molecular formula is C13H17NS2. The van der Waals surface area contributed by atoms with Gasteiger partial charge in [0.05, 0.1) is 0 Å². The fourth-order valence-corrected chi connectivity index (χ4v) is 3.47. The Morgan fingerprint density at radius 3 is 2.75 bits per heavy atom. The first kappa shape index (κ1) is 11.8. The summed E-state index contributed by atoms with van der Waals surface area (Å²) in [5.41, 5.74) is 0. The molecule has 0 saturated heterocycles. The van der Waals surface area contributed by atoms with Crippen LogP contribution in [0, 0.1) is 6.92 Å². The van der Waals surface area contributed by atoms with Crippen molar-refractivity contribution in [2.45, 2.75) is 32.9 Å². The second-order valence-electron chi connectivity index (χ2n) is 3.87. The average Bonchev–Trinajstić information content (AvgIpc) is 2.91. The molecule has 0 radical (unpaired) electrons. The van der Waals surface area contributed by atoms with E-state index < -0.39 is 0 Å². The standard InChI is InChI=1S/C13H17NS2/c1-3-12(13-5-4-8-15-13)14-9-11-7-6-10(2)16-11/h4-8,12,14H,3,9H2,1-2H3. The fourth-order valence-electron chi connectivity index (χ4n) is 1.74. The maximum absolute atomic E-state index is 3.62. The highest BCUT2D eigenvalue weighted by Gasteiger charge is 2.09. The molecule has 2 rings (SSSR count). The lowest BCUT2D eigenvalue weighted by Gasteiger charge is -2.14. The van der Waals surface area contributed by atoms with Crippen molar-refractivity contribution >= 4 is 22.7 Å². The monoisotopic (exact) mass is 251 g/mol. The van der Waals surface area contributed by atoms with Crippen molar-refractivity contribution in [2.24, 2.45) is 0 Å². The second-order valence-corrected chi connectivity index (χ2v) is 6.22. The summed E-state index contributed by atoms with van der Waals surface area (Å²) in [7, 11) is 0. The third-order valence-corrected chi connectivity index (χ3v) is 4.60.